The van der Waals surface area contributed by atoms with Crippen LogP contribution in [0.2, 0.25) is 0 Å². The first-order valence-corrected chi connectivity index (χ1v) is 17.7. The van der Waals surface area contributed by atoms with Gasteiger partial charge in [0.25, 0.3) is 0 Å². The molecule has 5 rings (SSSR count). The molecule has 45 heavy (non-hydrogen) atoms. The number of hydrogen-bond donors (Lipinski definition) is 3. The van der Waals surface area contributed by atoms with E-state index in [0.717, 1.165) is 39.6 Å². The van der Waals surface area contributed by atoms with Crippen LogP contribution < -0.4 is 21.7 Å². The molecule has 2 aromatic carbocycles. The smallest absolute Gasteiger partial charge is 0.319 e. The van der Waals surface area contributed by atoms with Gasteiger partial charge in [0.1, 0.15) is 6.04 Å². The molecule has 244 valence electrons. The Hall–Kier alpha value is -2.83. The Morgan fingerprint density at radius 1 is 0.867 bits per heavy atom. The molecule has 5 N–H and O–H groups in total. The van der Waals surface area contributed by atoms with Crippen molar-refractivity contribution in [1.82, 2.24) is 20.0 Å². The Bertz CT molecular complexity index is 1300. The number of urea groups is 2. The maximum Gasteiger partial charge on any atom is 0.319 e. The van der Waals surface area contributed by atoms with Crippen LogP contribution in [0.15, 0.2) is 51.4 Å². The van der Waals surface area contributed by atoms with Gasteiger partial charge in [-0.2, -0.15) is 0 Å². The summed E-state index contributed by atoms with van der Waals surface area (Å²) < 4.78 is 1.48. The van der Waals surface area contributed by atoms with Crippen molar-refractivity contribution in [2.75, 3.05) is 56.4 Å². The summed E-state index contributed by atoms with van der Waals surface area (Å²) in [5.41, 5.74) is 14.1. The Morgan fingerprint density at radius 3 is 2.07 bits per heavy atom. The molecule has 3 aliphatic rings. The number of hydrogen-bond acceptors (Lipinski definition) is 5. The lowest BCUT2D eigenvalue weighted by atomic mass is 9.94. The second kappa shape index (κ2) is 15.6. The van der Waals surface area contributed by atoms with Gasteiger partial charge in [0, 0.05) is 59.8 Å². The molecule has 0 unspecified atom stereocenters. The molecule has 3 saturated heterocycles. The van der Waals surface area contributed by atoms with Crippen LogP contribution in [0.4, 0.5) is 21.0 Å². The average molecular weight is 748 g/mol. The predicted molar refractivity (Wildman–Crippen MR) is 185 cm³/mol. The standard InChI is InChI=1S/C33H45Br2N7O3/c34-27-19-24(20-28(35)30(27)36)21-29(31(43)40-15-9-23(10-16-40)22-39-13-5-2-6-14-39)38-33(45)41-17-11-26(12-18-41)42(32(37)44)25-7-3-1-4-8-25/h1,3-4,7-8,19-20,23,26,29H,2,5-6,9-18,21-22,36H2,(H2,37,44)(H,38,45)/t29-/m1/s1. The van der Waals surface area contributed by atoms with Gasteiger partial charge in [0.2, 0.25) is 5.91 Å². The van der Waals surface area contributed by atoms with Crippen LogP contribution in [-0.4, -0.2) is 90.6 Å². The fourth-order valence-corrected chi connectivity index (χ4v) is 8.21. The van der Waals surface area contributed by atoms with E-state index >= 15 is 0 Å². The third-order valence-electron chi connectivity index (χ3n) is 9.45. The molecule has 3 fully saturated rings. The highest BCUT2D eigenvalue weighted by molar-refractivity contribution is 9.11. The number of carbonyl (C=O) groups excluding carboxylic acids is 3. The lowest BCUT2D eigenvalue weighted by Gasteiger charge is -2.39. The molecular formula is C33H45Br2N7O3. The number of rotatable bonds is 8. The van der Waals surface area contributed by atoms with Gasteiger partial charge in [-0.15, -0.1) is 0 Å². The molecule has 0 spiro atoms. The summed E-state index contributed by atoms with van der Waals surface area (Å²) in [7, 11) is 0. The second-order valence-corrected chi connectivity index (χ2v) is 14.3. The molecule has 0 radical (unpaired) electrons. The zero-order valence-electron chi connectivity index (χ0n) is 25.8. The summed E-state index contributed by atoms with van der Waals surface area (Å²) in [6.45, 7) is 5.79. The topological polar surface area (TPSA) is 128 Å². The number of carbonyl (C=O) groups is 3. The quantitative estimate of drug-likeness (QED) is 0.321. The molecule has 2 aromatic rings. The van der Waals surface area contributed by atoms with E-state index in [9.17, 15) is 14.4 Å². The van der Waals surface area contributed by atoms with Crippen LogP contribution in [0.1, 0.15) is 50.5 Å². The number of likely N-dealkylation sites (tertiary alicyclic amines) is 3. The summed E-state index contributed by atoms with van der Waals surface area (Å²) in [5, 5.41) is 3.08. The van der Waals surface area contributed by atoms with Crippen molar-refractivity contribution in [3.8, 4) is 0 Å². The number of para-hydroxylation sites is 1. The minimum Gasteiger partial charge on any atom is -0.397 e. The molecule has 12 heteroatoms. The fourth-order valence-electron chi connectivity index (χ4n) is 6.93. The van der Waals surface area contributed by atoms with E-state index < -0.39 is 12.1 Å². The predicted octanol–water partition coefficient (Wildman–Crippen LogP) is 5.19. The van der Waals surface area contributed by atoms with Gasteiger partial charge in [-0.1, -0.05) is 24.6 Å². The highest BCUT2D eigenvalue weighted by atomic mass is 79.9. The van der Waals surface area contributed by atoms with Gasteiger partial charge >= 0.3 is 12.1 Å². The third-order valence-corrected chi connectivity index (χ3v) is 10.8. The van der Waals surface area contributed by atoms with Gasteiger partial charge < -0.3 is 31.5 Å². The van der Waals surface area contributed by atoms with E-state index in [1.165, 1.54) is 32.4 Å². The molecule has 3 heterocycles. The van der Waals surface area contributed by atoms with Gasteiger partial charge in [0.05, 0.1) is 5.69 Å². The van der Waals surface area contributed by atoms with Crippen LogP contribution in [0.5, 0.6) is 0 Å². The molecule has 0 aliphatic carbocycles. The second-order valence-electron chi connectivity index (χ2n) is 12.6. The third kappa shape index (κ3) is 8.71. The highest BCUT2D eigenvalue weighted by Gasteiger charge is 2.34. The number of nitrogens with zero attached hydrogens (tertiary/aromatic N) is 4. The number of nitrogens with one attached hydrogen (secondary N) is 1. The number of benzene rings is 2. The molecule has 5 amide bonds. The van der Waals surface area contributed by atoms with Crippen LogP contribution in [0.3, 0.4) is 0 Å². The van der Waals surface area contributed by atoms with E-state index in [4.69, 9.17) is 11.5 Å². The van der Waals surface area contributed by atoms with Crippen molar-refractivity contribution in [2.45, 2.75) is 63.5 Å². The molecule has 0 bridgehead atoms. The molecular weight excluding hydrogens is 702 g/mol. The maximum absolute atomic E-state index is 14.0. The van der Waals surface area contributed by atoms with E-state index in [2.05, 4.69) is 42.1 Å². The number of nitrogens with two attached hydrogens (primary N) is 2. The Morgan fingerprint density at radius 2 is 1.47 bits per heavy atom. The van der Waals surface area contributed by atoms with Crippen LogP contribution in [0.25, 0.3) is 0 Å². The zero-order valence-corrected chi connectivity index (χ0v) is 29.0. The SMILES string of the molecule is NC(=O)N(c1ccccc1)C1CCN(C(=O)N[C@H](Cc2cc(Br)c(N)c(Br)c2)C(=O)N2CCC(CN3CCCCC3)CC2)CC1. The van der Waals surface area contributed by atoms with Crippen LogP contribution in [-0.2, 0) is 11.2 Å². The molecule has 0 saturated carbocycles. The normalized spacial score (nSPS) is 19.2. The number of piperidine rings is 3. The highest BCUT2D eigenvalue weighted by Crippen LogP contribution is 2.31. The Kier molecular flexibility index (Phi) is 11.7. The number of primary amides is 1. The lowest BCUT2D eigenvalue weighted by Crippen LogP contribution is -2.57. The maximum atomic E-state index is 14.0. The molecule has 3 aliphatic heterocycles. The summed E-state index contributed by atoms with van der Waals surface area (Å²) in [6.07, 6.45) is 7.37. The number of anilines is 2. The largest absolute Gasteiger partial charge is 0.397 e. The van der Waals surface area contributed by atoms with Crippen LogP contribution >= 0.6 is 31.9 Å². The Labute approximate surface area is 283 Å². The van der Waals surface area contributed by atoms with Crippen molar-refractivity contribution < 1.29 is 14.4 Å². The van der Waals surface area contributed by atoms with Crippen molar-refractivity contribution in [1.29, 1.82) is 0 Å². The molecule has 1 atom stereocenters. The number of amides is 5. The lowest BCUT2D eigenvalue weighted by molar-refractivity contribution is -0.134. The van der Waals surface area contributed by atoms with E-state index in [1.54, 1.807) is 9.80 Å². The minimum atomic E-state index is -0.720. The Balaban J connectivity index is 1.23. The zero-order chi connectivity index (χ0) is 31.9. The van der Waals surface area contributed by atoms with Crippen molar-refractivity contribution in [2.24, 2.45) is 11.7 Å². The van der Waals surface area contributed by atoms with E-state index in [-0.39, 0.29) is 18.0 Å². The fraction of sp³-hybridized carbons (Fsp3) is 0.545. The van der Waals surface area contributed by atoms with Gasteiger partial charge in [-0.25, -0.2) is 9.59 Å². The van der Waals surface area contributed by atoms with Gasteiger partial charge in [-0.05, 0) is 119 Å². The van der Waals surface area contributed by atoms with Crippen molar-refractivity contribution in [3.05, 3.63) is 57.0 Å². The first-order chi connectivity index (χ1) is 21.7. The monoisotopic (exact) mass is 745 g/mol. The van der Waals surface area contributed by atoms with Gasteiger partial charge in [0.15, 0.2) is 0 Å². The minimum absolute atomic E-state index is 0.0530. The van der Waals surface area contributed by atoms with Crippen molar-refractivity contribution >= 4 is 61.2 Å². The summed E-state index contributed by atoms with van der Waals surface area (Å²) in [5.74, 6) is 0.545. The number of nitrogen functional groups attached to an aromatic ring is 1. The molecule has 0 aromatic heterocycles. The molecule has 10 nitrogen and oxygen atoms in total. The summed E-state index contributed by atoms with van der Waals surface area (Å²) >= 11 is 7.04. The first-order valence-electron chi connectivity index (χ1n) is 16.1. The van der Waals surface area contributed by atoms with E-state index in [1.807, 2.05) is 47.4 Å². The average Bonchev–Trinajstić information content (AvgIpc) is 3.04. The number of halogens is 2. The van der Waals surface area contributed by atoms with Gasteiger partial charge in [-0.3, -0.25) is 9.69 Å². The summed E-state index contributed by atoms with van der Waals surface area (Å²) in [4.78, 5) is 47.8. The van der Waals surface area contributed by atoms with Crippen LogP contribution in [0, 0.1) is 5.92 Å². The van der Waals surface area contributed by atoms with E-state index in [0.29, 0.717) is 57.0 Å². The first kappa shape index (κ1) is 33.5. The summed E-state index contributed by atoms with van der Waals surface area (Å²) in [6, 6.07) is 11.6. The van der Waals surface area contributed by atoms with Crippen molar-refractivity contribution in [3.63, 3.8) is 0 Å².